The molecule has 2 atom stereocenters. The molecular formula is C14H24N4O4. The average molecular weight is 312 g/mol. The second-order valence-corrected chi connectivity index (χ2v) is 6.28. The van der Waals surface area contributed by atoms with Crippen molar-refractivity contribution in [1.29, 1.82) is 0 Å². The maximum atomic E-state index is 12.3. The first-order chi connectivity index (χ1) is 10.6. The number of fused-ring (bicyclic) bond motifs is 2. The molecule has 0 saturated carbocycles. The van der Waals surface area contributed by atoms with Gasteiger partial charge in [0.05, 0.1) is 19.3 Å². The van der Waals surface area contributed by atoms with Gasteiger partial charge in [0.15, 0.2) is 0 Å². The van der Waals surface area contributed by atoms with Crippen LogP contribution in [0, 0.1) is 0 Å². The molecule has 3 aliphatic heterocycles. The van der Waals surface area contributed by atoms with Gasteiger partial charge in [0, 0.05) is 19.6 Å². The molecular weight excluding hydrogens is 288 g/mol. The number of urea groups is 1. The van der Waals surface area contributed by atoms with Gasteiger partial charge < -0.3 is 9.80 Å². The third-order valence-corrected chi connectivity index (χ3v) is 4.81. The fourth-order valence-corrected chi connectivity index (χ4v) is 3.45. The van der Waals surface area contributed by atoms with E-state index in [0.29, 0.717) is 13.0 Å². The molecule has 2 bridgehead atoms. The Morgan fingerprint density at radius 2 is 1.95 bits per heavy atom. The van der Waals surface area contributed by atoms with E-state index in [1.54, 1.807) is 4.90 Å². The molecule has 0 unspecified atom stereocenters. The van der Waals surface area contributed by atoms with E-state index in [2.05, 4.69) is 17.4 Å². The zero-order valence-electron chi connectivity index (χ0n) is 13.2. The molecule has 3 fully saturated rings. The predicted molar refractivity (Wildman–Crippen MR) is 77.5 cm³/mol. The van der Waals surface area contributed by atoms with E-state index in [4.69, 9.17) is 9.68 Å². The number of carbonyl (C=O) groups is 2. The Morgan fingerprint density at radius 3 is 2.64 bits per heavy atom. The van der Waals surface area contributed by atoms with Crippen LogP contribution in [0.15, 0.2) is 0 Å². The number of nitrogens with zero attached hydrogens (tertiary/aromatic N) is 3. The van der Waals surface area contributed by atoms with Crippen LogP contribution in [0.2, 0.25) is 0 Å². The Morgan fingerprint density at radius 1 is 1.23 bits per heavy atom. The van der Waals surface area contributed by atoms with Gasteiger partial charge in [0.25, 0.3) is 5.91 Å². The van der Waals surface area contributed by atoms with Crippen LogP contribution in [0.5, 0.6) is 0 Å². The van der Waals surface area contributed by atoms with Crippen molar-refractivity contribution in [2.75, 3.05) is 33.8 Å². The van der Waals surface area contributed by atoms with Crippen molar-refractivity contribution in [1.82, 2.24) is 20.3 Å². The van der Waals surface area contributed by atoms with E-state index in [9.17, 15) is 9.59 Å². The van der Waals surface area contributed by atoms with Gasteiger partial charge in [-0.1, -0.05) is 0 Å². The average Bonchev–Trinajstić information content (AvgIpc) is 2.77. The number of carbonyl (C=O) groups excluding carboxylic acids is 2. The summed E-state index contributed by atoms with van der Waals surface area (Å²) >= 11 is 0. The SMILES string of the molecule is CON1C(=O)N2C[C@H]1CC[C@H]2C(=O)NOC1CCN(C)CC1. The maximum Gasteiger partial charge on any atom is 0.345 e. The van der Waals surface area contributed by atoms with E-state index in [1.165, 1.54) is 12.2 Å². The van der Waals surface area contributed by atoms with Crippen molar-refractivity contribution in [2.45, 2.75) is 43.9 Å². The highest BCUT2D eigenvalue weighted by Crippen LogP contribution is 2.29. The zero-order chi connectivity index (χ0) is 15.7. The van der Waals surface area contributed by atoms with Crippen LogP contribution < -0.4 is 5.48 Å². The molecule has 1 N–H and O–H groups in total. The minimum Gasteiger partial charge on any atom is -0.309 e. The smallest absolute Gasteiger partial charge is 0.309 e. The van der Waals surface area contributed by atoms with Gasteiger partial charge in [-0.15, -0.1) is 0 Å². The largest absolute Gasteiger partial charge is 0.345 e. The first-order valence-electron chi connectivity index (χ1n) is 7.88. The molecule has 3 heterocycles. The molecule has 8 heteroatoms. The summed E-state index contributed by atoms with van der Waals surface area (Å²) in [5.41, 5.74) is 2.56. The monoisotopic (exact) mass is 312 g/mol. The Balaban J connectivity index is 1.51. The number of hydrogen-bond acceptors (Lipinski definition) is 5. The minimum atomic E-state index is -0.463. The molecule has 8 nitrogen and oxygen atoms in total. The highest BCUT2D eigenvalue weighted by Gasteiger charge is 2.47. The molecule has 0 spiro atoms. The summed E-state index contributed by atoms with van der Waals surface area (Å²) in [6, 6.07) is -0.643. The van der Waals surface area contributed by atoms with E-state index < -0.39 is 6.04 Å². The molecule has 22 heavy (non-hydrogen) atoms. The molecule has 0 aromatic carbocycles. The van der Waals surface area contributed by atoms with Gasteiger partial charge in [0.2, 0.25) is 0 Å². The van der Waals surface area contributed by atoms with Gasteiger partial charge in [-0.25, -0.2) is 10.3 Å². The second kappa shape index (κ2) is 6.39. The normalized spacial score (nSPS) is 30.0. The lowest BCUT2D eigenvalue weighted by Crippen LogP contribution is -2.50. The second-order valence-electron chi connectivity index (χ2n) is 6.28. The third kappa shape index (κ3) is 2.90. The van der Waals surface area contributed by atoms with Gasteiger partial charge in [-0.05, 0) is 32.7 Å². The summed E-state index contributed by atoms with van der Waals surface area (Å²) in [5, 5.41) is 1.37. The van der Waals surface area contributed by atoms with E-state index in [1.807, 2.05) is 0 Å². The Kier molecular flexibility index (Phi) is 4.51. The number of amides is 3. The number of nitrogens with one attached hydrogen (secondary N) is 1. The van der Waals surface area contributed by atoms with E-state index in [0.717, 1.165) is 32.4 Å². The van der Waals surface area contributed by atoms with Crippen LogP contribution in [0.25, 0.3) is 0 Å². The van der Waals surface area contributed by atoms with E-state index in [-0.39, 0.29) is 24.1 Å². The molecule has 3 aliphatic rings. The Hall–Kier alpha value is -1.38. The highest BCUT2D eigenvalue weighted by atomic mass is 16.7. The highest BCUT2D eigenvalue weighted by molar-refractivity contribution is 5.87. The molecule has 0 aromatic heterocycles. The molecule has 124 valence electrons. The molecule has 3 rings (SSSR count). The Labute approximate surface area is 130 Å². The lowest BCUT2D eigenvalue weighted by atomic mass is 10.0. The van der Waals surface area contributed by atoms with Crippen LogP contribution in [-0.4, -0.2) is 78.8 Å². The number of hydrogen-bond donors (Lipinski definition) is 1. The minimum absolute atomic E-state index is 0.0522. The van der Waals surface area contributed by atoms with Gasteiger partial charge in [0.1, 0.15) is 6.04 Å². The number of piperidine rings is 2. The number of hydroxylamine groups is 3. The summed E-state index contributed by atoms with van der Waals surface area (Å²) < 4.78 is 0. The van der Waals surface area contributed by atoms with Crippen LogP contribution in [0.4, 0.5) is 4.79 Å². The van der Waals surface area contributed by atoms with Gasteiger partial charge >= 0.3 is 6.03 Å². The van der Waals surface area contributed by atoms with Crippen LogP contribution in [-0.2, 0) is 14.5 Å². The lowest BCUT2D eigenvalue weighted by molar-refractivity contribution is -0.146. The first kappa shape index (κ1) is 15.5. The van der Waals surface area contributed by atoms with Gasteiger partial charge in [-0.2, -0.15) is 5.06 Å². The summed E-state index contributed by atoms with van der Waals surface area (Å²) in [5.74, 6) is -0.233. The number of likely N-dealkylation sites (tertiary alicyclic amines) is 1. The zero-order valence-corrected chi connectivity index (χ0v) is 13.2. The van der Waals surface area contributed by atoms with Crippen molar-refractivity contribution in [3.8, 4) is 0 Å². The van der Waals surface area contributed by atoms with Crippen molar-refractivity contribution in [3.05, 3.63) is 0 Å². The summed E-state index contributed by atoms with van der Waals surface area (Å²) in [7, 11) is 3.56. The van der Waals surface area contributed by atoms with Crippen molar-refractivity contribution in [3.63, 3.8) is 0 Å². The number of rotatable bonds is 4. The van der Waals surface area contributed by atoms with Crippen LogP contribution in [0.3, 0.4) is 0 Å². The van der Waals surface area contributed by atoms with Crippen LogP contribution in [0.1, 0.15) is 25.7 Å². The maximum absolute atomic E-state index is 12.3. The summed E-state index contributed by atoms with van der Waals surface area (Å²) in [6.45, 7) is 2.48. The first-order valence-corrected chi connectivity index (χ1v) is 7.88. The topological polar surface area (TPSA) is 74.3 Å². The summed E-state index contributed by atoms with van der Waals surface area (Å²) in [6.07, 6.45) is 3.27. The lowest BCUT2D eigenvalue weighted by Gasteiger charge is -2.31. The van der Waals surface area contributed by atoms with Crippen molar-refractivity contribution in [2.24, 2.45) is 0 Å². The molecule has 3 saturated heterocycles. The predicted octanol–water partition coefficient (Wildman–Crippen LogP) is -0.0416. The standard InChI is InChI=1S/C14H24N4O4/c1-16-7-5-11(6-8-16)22-15-13(19)12-4-3-10-9-17(12)14(20)18(10)21-2/h10-12H,3-9H2,1-2H3,(H,15,19)/t10-,12+/m1/s1. The molecule has 3 amide bonds. The Bertz CT molecular complexity index is 439. The van der Waals surface area contributed by atoms with Crippen LogP contribution >= 0.6 is 0 Å². The quantitative estimate of drug-likeness (QED) is 0.737. The molecule has 0 radical (unpaired) electrons. The molecule has 0 aliphatic carbocycles. The van der Waals surface area contributed by atoms with Crippen molar-refractivity contribution >= 4 is 11.9 Å². The fraction of sp³-hybridized carbons (Fsp3) is 0.857. The van der Waals surface area contributed by atoms with Gasteiger partial charge in [-0.3, -0.25) is 14.5 Å². The van der Waals surface area contributed by atoms with E-state index >= 15 is 0 Å². The molecule has 0 aromatic rings. The van der Waals surface area contributed by atoms with Crippen molar-refractivity contribution < 1.29 is 19.3 Å². The third-order valence-electron chi connectivity index (χ3n) is 4.81. The summed E-state index contributed by atoms with van der Waals surface area (Å²) in [4.78, 5) is 39.0. The fourth-order valence-electron chi connectivity index (χ4n) is 3.45.